The second-order valence-electron chi connectivity index (χ2n) is 6.28. The predicted molar refractivity (Wildman–Crippen MR) is 98.0 cm³/mol. The smallest absolute Gasteiger partial charge is 0.252 e. The number of hydrogen-bond donors (Lipinski definition) is 2. The number of aromatic amines is 1. The Hall–Kier alpha value is -3.33. The molecular weight excluding hydrogens is 330 g/mol. The van der Waals surface area contributed by atoms with Gasteiger partial charge in [-0.2, -0.15) is 5.26 Å². The van der Waals surface area contributed by atoms with E-state index in [0.717, 1.165) is 17.4 Å². The molecule has 2 aromatic rings. The molecule has 1 aliphatic heterocycles. The Bertz CT molecular complexity index is 1080. The topological polar surface area (TPSA) is 109 Å². The lowest BCUT2D eigenvalue weighted by molar-refractivity contribution is -0.114. The van der Waals surface area contributed by atoms with Gasteiger partial charge in [-0.05, 0) is 49.4 Å². The first-order chi connectivity index (χ1) is 12.4. The van der Waals surface area contributed by atoms with Crippen LogP contribution in [0.4, 0.5) is 0 Å². The summed E-state index contributed by atoms with van der Waals surface area (Å²) in [6.07, 6.45) is 0.857. The number of aryl methyl sites for hydroxylation is 1. The molecule has 0 bridgehead atoms. The predicted octanol–water partition coefficient (Wildman–Crippen LogP) is 2.76. The third-order valence-electron chi connectivity index (χ3n) is 4.64. The van der Waals surface area contributed by atoms with Gasteiger partial charge < -0.3 is 15.5 Å². The summed E-state index contributed by atoms with van der Waals surface area (Å²) >= 11 is 0. The molecule has 1 atom stereocenters. The first-order valence-corrected chi connectivity index (χ1v) is 8.32. The molecule has 3 rings (SSSR count). The molecule has 6 heteroatoms. The average molecular weight is 349 g/mol. The molecule has 1 aliphatic rings. The molecule has 26 heavy (non-hydrogen) atoms. The van der Waals surface area contributed by atoms with E-state index in [1.54, 1.807) is 13.0 Å². The summed E-state index contributed by atoms with van der Waals surface area (Å²) in [4.78, 5) is 27.8. The van der Waals surface area contributed by atoms with Crippen LogP contribution in [0.5, 0.6) is 0 Å². The number of ether oxygens (including phenoxy) is 1. The second-order valence-corrected chi connectivity index (χ2v) is 6.28. The van der Waals surface area contributed by atoms with E-state index in [-0.39, 0.29) is 28.4 Å². The monoisotopic (exact) mass is 349 g/mol. The van der Waals surface area contributed by atoms with Crippen molar-refractivity contribution >= 4 is 16.7 Å². The van der Waals surface area contributed by atoms with Crippen molar-refractivity contribution in [2.24, 2.45) is 5.73 Å². The highest BCUT2D eigenvalue weighted by atomic mass is 16.5. The molecule has 3 N–H and O–H groups in total. The van der Waals surface area contributed by atoms with Gasteiger partial charge in [-0.1, -0.05) is 13.0 Å². The van der Waals surface area contributed by atoms with Gasteiger partial charge in [-0.15, -0.1) is 0 Å². The zero-order valence-electron chi connectivity index (χ0n) is 14.8. The number of aromatic nitrogens is 1. The summed E-state index contributed by atoms with van der Waals surface area (Å²) in [5.41, 5.74) is 7.96. The fourth-order valence-electron chi connectivity index (χ4n) is 3.35. The molecule has 0 fully saturated rings. The van der Waals surface area contributed by atoms with Gasteiger partial charge in [0.15, 0.2) is 5.78 Å². The van der Waals surface area contributed by atoms with Crippen molar-refractivity contribution in [1.82, 2.24) is 4.98 Å². The quantitative estimate of drug-likeness (QED) is 0.885. The number of pyridine rings is 1. The van der Waals surface area contributed by atoms with Gasteiger partial charge in [0.1, 0.15) is 17.4 Å². The second kappa shape index (κ2) is 6.52. The molecule has 0 spiro atoms. The van der Waals surface area contributed by atoms with Crippen molar-refractivity contribution in [3.8, 4) is 6.07 Å². The van der Waals surface area contributed by atoms with Gasteiger partial charge in [0.25, 0.3) is 5.56 Å². The molecule has 0 saturated carbocycles. The Morgan fingerprint density at radius 1 is 1.38 bits per heavy atom. The van der Waals surface area contributed by atoms with Crippen LogP contribution >= 0.6 is 0 Å². The van der Waals surface area contributed by atoms with Crippen LogP contribution in [0.15, 0.2) is 51.8 Å². The highest BCUT2D eigenvalue weighted by Crippen LogP contribution is 2.38. The first kappa shape index (κ1) is 17.5. The molecule has 132 valence electrons. The molecule has 0 amide bonds. The van der Waals surface area contributed by atoms with E-state index in [0.29, 0.717) is 16.8 Å². The number of hydrogen-bond acceptors (Lipinski definition) is 5. The minimum Gasteiger partial charge on any atom is -0.445 e. The zero-order chi connectivity index (χ0) is 19.0. The highest BCUT2D eigenvalue weighted by Gasteiger charge is 2.35. The van der Waals surface area contributed by atoms with E-state index in [2.05, 4.69) is 4.98 Å². The van der Waals surface area contributed by atoms with E-state index in [4.69, 9.17) is 10.5 Å². The maximum atomic E-state index is 12.7. The molecule has 1 unspecified atom stereocenters. The zero-order valence-corrected chi connectivity index (χ0v) is 14.8. The molecule has 2 heterocycles. The third kappa shape index (κ3) is 2.78. The van der Waals surface area contributed by atoms with Crippen molar-refractivity contribution in [2.45, 2.75) is 33.1 Å². The number of nitrogens with zero attached hydrogens (tertiary/aromatic N) is 1. The fraction of sp³-hybridized carbons (Fsp3) is 0.250. The summed E-state index contributed by atoms with van der Waals surface area (Å²) in [5.74, 6) is -0.887. The summed E-state index contributed by atoms with van der Waals surface area (Å²) in [6, 6.07) is 9.51. The Balaban J connectivity index is 2.32. The van der Waals surface area contributed by atoms with Crippen LogP contribution in [0.2, 0.25) is 0 Å². The lowest BCUT2D eigenvalue weighted by Gasteiger charge is -2.26. The van der Waals surface area contributed by atoms with Crippen LogP contribution in [0.3, 0.4) is 0 Å². The van der Waals surface area contributed by atoms with E-state index >= 15 is 0 Å². The van der Waals surface area contributed by atoms with Crippen molar-refractivity contribution < 1.29 is 9.53 Å². The summed E-state index contributed by atoms with van der Waals surface area (Å²) in [5, 5.41) is 10.4. The number of nitrogens with two attached hydrogens (primary N) is 1. The Kier molecular flexibility index (Phi) is 4.39. The molecule has 0 radical (unpaired) electrons. The minimum atomic E-state index is -0.843. The van der Waals surface area contributed by atoms with E-state index in [1.165, 1.54) is 6.92 Å². The number of benzene rings is 1. The lowest BCUT2D eigenvalue weighted by atomic mass is 9.81. The number of Topliss-reactive ketones (excluding diaryl/α,β-unsaturated/α-hetero) is 1. The number of H-pyrrole nitrogens is 1. The van der Waals surface area contributed by atoms with Crippen LogP contribution in [-0.2, 0) is 16.0 Å². The Labute approximate surface area is 150 Å². The number of nitriles is 1. The maximum Gasteiger partial charge on any atom is 0.252 e. The molecular formula is C20H19N3O3. The average Bonchev–Trinajstić information content (AvgIpc) is 2.59. The fourth-order valence-corrected chi connectivity index (χ4v) is 3.35. The largest absolute Gasteiger partial charge is 0.445 e. The maximum absolute atomic E-state index is 12.7. The van der Waals surface area contributed by atoms with Gasteiger partial charge >= 0.3 is 0 Å². The van der Waals surface area contributed by atoms with E-state index in [1.807, 2.05) is 31.2 Å². The standard InChI is InChI=1S/C20H19N3O3/c1-4-12-5-6-16-13(7-12)8-14(20(25)23-16)18-15(9-21)19(22)26-11(3)17(18)10(2)24/h5-8,18H,4,22H2,1-3H3,(H,23,25). The van der Waals surface area contributed by atoms with Crippen LogP contribution in [-0.4, -0.2) is 10.8 Å². The highest BCUT2D eigenvalue weighted by molar-refractivity contribution is 5.97. The van der Waals surface area contributed by atoms with E-state index in [9.17, 15) is 14.9 Å². The van der Waals surface area contributed by atoms with Gasteiger partial charge in [-0.25, -0.2) is 0 Å². The number of allylic oxidation sites excluding steroid dienone is 3. The van der Waals surface area contributed by atoms with Gasteiger partial charge in [0, 0.05) is 16.7 Å². The lowest BCUT2D eigenvalue weighted by Crippen LogP contribution is -2.27. The van der Waals surface area contributed by atoms with Crippen molar-refractivity contribution in [3.05, 3.63) is 68.5 Å². The van der Waals surface area contributed by atoms with Crippen molar-refractivity contribution in [1.29, 1.82) is 5.26 Å². The van der Waals surface area contributed by atoms with Gasteiger partial charge in [0.05, 0.1) is 5.92 Å². The minimum absolute atomic E-state index is 0.0669. The van der Waals surface area contributed by atoms with Crippen molar-refractivity contribution in [2.75, 3.05) is 0 Å². The van der Waals surface area contributed by atoms with Gasteiger partial charge in [0.2, 0.25) is 5.88 Å². The number of ketones is 1. The Morgan fingerprint density at radius 3 is 2.73 bits per heavy atom. The number of rotatable bonds is 3. The molecule has 0 saturated heterocycles. The summed E-state index contributed by atoms with van der Waals surface area (Å²) in [6.45, 7) is 5.04. The first-order valence-electron chi connectivity index (χ1n) is 8.32. The molecule has 1 aromatic carbocycles. The molecule has 1 aromatic heterocycles. The normalized spacial score (nSPS) is 17.2. The summed E-state index contributed by atoms with van der Waals surface area (Å²) in [7, 11) is 0. The van der Waals surface area contributed by atoms with Gasteiger partial charge in [-0.3, -0.25) is 9.59 Å². The van der Waals surface area contributed by atoms with Crippen LogP contribution in [0.1, 0.15) is 37.8 Å². The van der Waals surface area contributed by atoms with Crippen LogP contribution < -0.4 is 11.3 Å². The molecule has 0 aliphatic carbocycles. The number of nitrogens with one attached hydrogen (secondary N) is 1. The summed E-state index contributed by atoms with van der Waals surface area (Å²) < 4.78 is 5.36. The third-order valence-corrected chi connectivity index (χ3v) is 4.64. The van der Waals surface area contributed by atoms with Crippen LogP contribution in [0.25, 0.3) is 10.9 Å². The number of carbonyl (C=O) groups is 1. The Morgan fingerprint density at radius 2 is 2.12 bits per heavy atom. The van der Waals surface area contributed by atoms with Crippen molar-refractivity contribution in [3.63, 3.8) is 0 Å². The number of carbonyl (C=O) groups excluding carboxylic acids is 1. The molecule has 6 nitrogen and oxygen atoms in total. The number of fused-ring (bicyclic) bond motifs is 1. The SMILES string of the molecule is CCc1ccc2[nH]c(=O)c(C3C(C#N)=C(N)OC(C)=C3C(C)=O)cc2c1. The van der Waals surface area contributed by atoms with Crippen LogP contribution in [0, 0.1) is 11.3 Å². The van der Waals surface area contributed by atoms with E-state index < -0.39 is 5.92 Å².